The Morgan fingerprint density at radius 2 is 2.38 bits per heavy atom. The van der Waals surface area contributed by atoms with Crippen molar-refractivity contribution >= 4 is 39.3 Å². The maximum Gasteiger partial charge on any atom is 0.123 e. The van der Waals surface area contributed by atoms with Crippen molar-refractivity contribution in [1.29, 1.82) is 0 Å². The van der Waals surface area contributed by atoms with E-state index in [2.05, 4.69) is 20.9 Å². The molecule has 1 atom stereocenters. The number of fused-ring (bicyclic) bond motifs is 1. The number of anilines is 1. The number of halogens is 2. The van der Waals surface area contributed by atoms with Crippen LogP contribution in [0.2, 0.25) is 0 Å². The first kappa shape index (κ1) is 9.03. The average Bonchev–Trinajstić information content (AvgIpc) is 2.12. The van der Waals surface area contributed by atoms with Crippen LogP contribution in [0.5, 0.6) is 0 Å². The average molecular weight is 260 g/mol. The van der Waals surface area contributed by atoms with Gasteiger partial charge in [-0.05, 0) is 28.1 Å². The Bertz CT molecular complexity index is 365. The molecule has 1 aliphatic rings. The summed E-state index contributed by atoms with van der Waals surface area (Å²) in [7, 11) is 1.96. The van der Waals surface area contributed by atoms with Crippen LogP contribution in [-0.2, 0) is 0 Å². The Hall–Kier alpha value is -0.540. The SMILES string of the molecule is CN1c2cc(Br)ncc2C=CC1Cl. The maximum atomic E-state index is 6.05. The van der Waals surface area contributed by atoms with Crippen LogP contribution in [0, 0.1) is 0 Å². The van der Waals surface area contributed by atoms with Crippen LogP contribution in [-0.4, -0.2) is 17.5 Å². The zero-order valence-electron chi connectivity index (χ0n) is 7.04. The van der Waals surface area contributed by atoms with Gasteiger partial charge >= 0.3 is 0 Å². The van der Waals surface area contributed by atoms with Crippen LogP contribution < -0.4 is 4.90 Å². The van der Waals surface area contributed by atoms with E-state index in [1.807, 2.05) is 36.4 Å². The van der Waals surface area contributed by atoms with Gasteiger partial charge in [-0.2, -0.15) is 0 Å². The van der Waals surface area contributed by atoms with Gasteiger partial charge in [0.25, 0.3) is 0 Å². The smallest absolute Gasteiger partial charge is 0.123 e. The van der Waals surface area contributed by atoms with Gasteiger partial charge in [-0.25, -0.2) is 4.98 Å². The van der Waals surface area contributed by atoms with E-state index in [1.54, 1.807) is 0 Å². The molecular formula is C9H8BrClN2. The molecule has 0 N–H and O–H groups in total. The molecule has 4 heteroatoms. The highest BCUT2D eigenvalue weighted by Gasteiger charge is 2.16. The first-order valence-electron chi connectivity index (χ1n) is 3.89. The number of aromatic nitrogens is 1. The van der Waals surface area contributed by atoms with Crippen LogP contribution in [0.1, 0.15) is 5.56 Å². The first-order valence-corrected chi connectivity index (χ1v) is 5.12. The molecule has 1 aliphatic heterocycles. The molecule has 0 radical (unpaired) electrons. The van der Waals surface area contributed by atoms with Crippen LogP contribution in [0.15, 0.2) is 22.9 Å². The number of nitrogens with zero attached hydrogens (tertiary/aromatic N) is 2. The fourth-order valence-electron chi connectivity index (χ4n) is 1.31. The molecule has 13 heavy (non-hydrogen) atoms. The molecule has 0 spiro atoms. The Kier molecular flexibility index (Phi) is 2.30. The number of alkyl halides is 1. The number of pyridine rings is 1. The minimum absolute atomic E-state index is 0.0678. The van der Waals surface area contributed by atoms with E-state index in [-0.39, 0.29) is 5.50 Å². The highest BCUT2D eigenvalue weighted by molar-refractivity contribution is 9.10. The molecule has 2 heterocycles. The second kappa shape index (κ2) is 3.31. The number of likely N-dealkylation sites (N-methyl/N-ethyl adjacent to an activating group) is 1. The molecule has 0 amide bonds. The van der Waals surface area contributed by atoms with E-state index in [4.69, 9.17) is 11.6 Å². The summed E-state index contributed by atoms with van der Waals surface area (Å²) in [5.41, 5.74) is 2.13. The van der Waals surface area contributed by atoms with Gasteiger partial charge in [0.2, 0.25) is 0 Å². The monoisotopic (exact) mass is 258 g/mol. The molecule has 0 fully saturated rings. The second-order valence-electron chi connectivity index (χ2n) is 2.91. The molecule has 1 aromatic heterocycles. The predicted molar refractivity (Wildman–Crippen MR) is 59.0 cm³/mol. The molecule has 2 nitrogen and oxygen atoms in total. The Morgan fingerprint density at radius 3 is 3.15 bits per heavy atom. The van der Waals surface area contributed by atoms with Crippen LogP contribution in [0.3, 0.4) is 0 Å². The van der Waals surface area contributed by atoms with Crippen molar-refractivity contribution in [3.8, 4) is 0 Å². The lowest BCUT2D eigenvalue weighted by Crippen LogP contribution is -2.27. The molecule has 0 bridgehead atoms. The molecule has 0 saturated heterocycles. The summed E-state index contributed by atoms with van der Waals surface area (Å²) >= 11 is 9.38. The summed E-state index contributed by atoms with van der Waals surface area (Å²) in [5, 5.41) is 0. The van der Waals surface area contributed by atoms with Gasteiger partial charge < -0.3 is 4.90 Å². The van der Waals surface area contributed by atoms with Gasteiger partial charge in [-0.15, -0.1) is 0 Å². The van der Waals surface area contributed by atoms with Crippen LogP contribution in [0.4, 0.5) is 5.69 Å². The lowest BCUT2D eigenvalue weighted by atomic mass is 10.1. The van der Waals surface area contributed by atoms with Crippen molar-refractivity contribution in [3.05, 3.63) is 28.5 Å². The predicted octanol–water partition coefficient (Wildman–Crippen LogP) is 2.87. The summed E-state index contributed by atoms with van der Waals surface area (Å²) < 4.78 is 0.831. The third-order valence-electron chi connectivity index (χ3n) is 2.06. The van der Waals surface area contributed by atoms with Crippen molar-refractivity contribution in [3.63, 3.8) is 0 Å². The van der Waals surface area contributed by atoms with Gasteiger partial charge in [0, 0.05) is 24.5 Å². The third kappa shape index (κ3) is 1.58. The highest BCUT2D eigenvalue weighted by atomic mass is 79.9. The summed E-state index contributed by atoms with van der Waals surface area (Å²) in [6, 6.07) is 1.97. The summed E-state index contributed by atoms with van der Waals surface area (Å²) in [5.74, 6) is 0. The van der Waals surface area contributed by atoms with E-state index in [0.29, 0.717) is 0 Å². The largest absolute Gasteiger partial charge is 0.354 e. The summed E-state index contributed by atoms with van der Waals surface area (Å²) in [6.45, 7) is 0. The van der Waals surface area contributed by atoms with E-state index in [1.165, 1.54) is 0 Å². The summed E-state index contributed by atoms with van der Waals surface area (Å²) in [4.78, 5) is 6.15. The number of hydrogen-bond acceptors (Lipinski definition) is 2. The van der Waals surface area contributed by atoms with Crippen molar-refractivity contribution in [2.24, 2.45) is 0 Å². The zero-order valence-corrected chi connectivity index (χ0v) is 9.38. The van der Waals surface area contributed by atoms with Gasteiger partial charge in [0.1, 0.15) is 10.1 Å². The molecule has 68 valence electrons. The Morgan fingerprint density at radius 1 is 1.62 bits per heavy atom. The van der Waals surface area contributed by atoms with Gasteiger partial charge in [-0.3, -0.25) is 0 Å². The first-order chi connectivity index (χ1) is 6.18. The fraction of sp³-hybridized carbons (Fsp3) is 0.222. The van der Waals surface area contributed by atoms with E-state index < -0.39 is 0 Å². The molecule has 0 aliphatic carbocycles. The van der Waals surface area contributed by atoms with Gasteiger partial charge in [0.05, 0.1) is 0 Å². The number of rotatable bonds is 0. The Balaban J connectivity index is 2.54. The van der Waals surface area contributed by atoms with E-state index >= 15 is 0 Å². The second-order valence-corrected chi connectivity index (χ2v) is 4.17. The van der Waals surface area contributed by atoms with Crippen molar-refractivity contribution in [1.82, 2.24) is 4.98 Å². The standard InChI is InChI=1S/C9H8BrClN2/c1-13-7-4-8(10)12-5-6(7)2-3-9(13)11/h2-5,9H,1H3. The zero-order chi connectivity index (χ0) is 9.42. The van der Waals surface area contributed by atoms with Crippen molar-refractivity contribution in [2.45, 2.75) is 5.50 Å². The van der Waals surface area contributed by atoms with Gasteiger partial charge in [-0.1, -0.05) is 17.7 Å². The molecular weight excluding hydrogens is 251 g/mol. The molecule has 1 unspecified atom stereocenters. The minimum Gasteiger partial charge on any atom is -0.354 e. The van der Waals surface area contributed by atoms with E-state index in [9.17, 15) is 0 Å². The van der Waals surface area contributed by atoms with Crippen LogP contribution >= 0.6 is 27.5 Å². The van der Waals surface area contributed by atoms with Gasteiger partial charge in [0.15, 0.2) is 0 Å². The Labute approximate surface area is 90.3 Å². The summed E-state index contributed by atoms with van der Waals surface area (Å²) in [6.07, 6.45) is 5.76. The molecule has 2 rings (SSSR count). The molecule has 0 aromatic carbocycles. The van der Waals surface area contributed by atoms with E-state index in [0.717, 1.165) is 15.9 Å². The fourth-order valence-corrected chi connectivity index (χ4v) is 1.81. The topological polar surface area (TPSA) is 16.1 Å². The lowest BCUT2D eigenvalue weighted by Gasteiger charge is -2.27. The minimum atomic E-state index is -0.0678. The maximum absolute atomic E-state index is 6.05. The van der Waals surface area contributed by atoms with Crippen molar-refractivity contribution in [2.75, 3.05) is 11.9 Å². The lowest BCUT2D eigenvalue weighted by molar-refractivity contribution is 0.950. The molecule has 0 saturated carbocycles. The number of hydrogen-bond donors (Lipinski definition) is 0. The third-order valence-corrected chi connectivity index (χ3v) is 2.94. The van der Waals surface area contributed by atoms with Crippen molar-refractivity contribution < 1.29 is 0 Å². The van der Waals surface area contributed by atoms with Crippen LogP contribution in [0.25, 0.3) is 6.08 Å². The highest BCUT2D eigenvalue weighted by Crippen LogP contribution is 2.30. The molecule has 1 aromatic rings. The quantitative estimate of drug-likeness (QED) is 0.405. The normalized spacial score (nSPS) is 20.2.